The highest BCUT2D eigenvalue weighted by molar-refractivity contribution is 5.69. The molecule has 0 spiro atoms. The molecular formula is C9H12N4O3. The molecule has 0 bridgehead atoms. The Morgan fingerprint density at radius 2 is 2.19 bits per heavy atom. The van der Waals surface area contributed by atoms with E-state index >= 15 is 0 Å². The van der Waals surface area contributed by atoms with Gasteiger partial charge in [-0.15, -0.1) is 0 Å². The highest BCUT2D eigenvalue weighted by Crippen LogP contribution is 2.12. The molecule has 16 heavy (non-hydrogen) atoms. The number of hydrogen-bond donors (Lipinski definition) is 1. The van der Waals surface area contributed by atoms with Crippen molar-refractivity contribution in [3.05, 3.63) is 27.2 Å². The van der Waals surface area contributed by atoms with Crippen molar-refractivity contribution in [2.24, 2.45) is 7.05 Å². The molecule has 0 saturated carbocycles. The highest BCUT2D eigenvalue weighted by atomic mass is 16.5. The summed E-state index contributed by atoms with van der Waals surface area (Å²) in [6, 6.07) is 0. The SMILES string of the molecule is COC(C)n1cnc2c1c(=O)[nH]c(=O)n2C. The maximum atomic E-state index is 11.7. The summed E-state index contributed by atoms with van der Waals surface area (Å²) in [5.41, 5.74) is -0.263. The second-order valence-corrected chi connectivity index (χ2v) is 3.48. The first kappa shape index (κ1) is 10.6. The number of aromatic nitrogens is 4. The van der Waals surface area contributed by atoms with Crippen molar-refractivity contribution in [1.82, 2.24) is 19.1 Å². The fourth-order valence-electron chi connectivity index (χ4n) is 1.54. The second-order valence-electron chi connectivity index (χ2n) is 3.48. The maximum Gasteiger partial charge on any atom is 0.329 e. The van der Waals surface area contributed by atoms with Crippen molar-refractivity contribution in [3.8, 4) is 0 Å². The fraction of sp³-hybridized carbons (Fsp3) is 0.444. The number of nitrogens with zero attached hydrogens (tertiary/aromatic N) is 3. The molecule has 0 aliphatic heterocycles. The molecule has 0 fully saturated rings. The molecule has 1 atom stereocenters. The molecule has 7 heteroatoms. The molecule has 2 aromatic rings. The van der Waals surface area contributed by atoms with Gasteiger partial charge in [0.1, 0.15) is 6.23 Å². The molecular weight excluding hydrogens is 212 g/mol. The van der Waals surface area contributed by atoms with Crippen LogP contribution in [0.2, 0.25) is 0 Å². The monoisotopic (exact) mass is 224 g/mol. The number of hydrogen-bond acceptors (Lipinski definition) is 4. The summed E-state index contributed by atoms with van der Waals surface area (Å²) in [5.74, 6) is 0. The Kier molecular flexibility index (Phi) is 2.39. The number of rotatable bonds is 2. The summed E-state index contributed by atoms with van der Waals surface area (Å²) in [6.07, 6.45) is 1.16. The molecule has 2 heterocycles. The van der Waals surface area contributed by atoms with Crippen LogP contribution in [0.25, 0.3) is 11.2 Å². The molecule has 0 radical (unpaired) electrons. The fourth-order valence-corrected chi connectivity index (χ4v) is 1.54. The molecule has 0 aromatic carbocycles. The zero-order chi connectivity index (χ0) is 11.9. The average molecular weight is 224 g/mol. The Labute approximate surface area is 90.3 Å². The van der Waals surface area contributed by atoms with Gasteiger partial charge in [-0.2, -0.15) is 0 Å². The van der Waals surface area contributed by atoms with Crippen molar-refractivity contribution in [2.75, 3.05) is 7.11 Å². The molecule has 2 aromatic heterocycles. The predicted molar refractivity (Wildman–Crippen MR) is 57.3 cm³/mol. The number of H-pyrrole nitrogens is 1. The van der Waals surface area contributed by atoms with Crippen LogP contribution in [0.1, 0.15) is 13.2 Å². The number of fused-ring (bicyclic) bond motifs is 1. The van der Waals surface area contributed by atoms with Gasteiger partial charge in [-0.25, -0.2) is 9.78 Å². The number of methoxy groups -OCH3 is 1. The number of imidazole rings is 1. The molecule has 7 nitrogen and oxygen atoms in total. The van der Waals surface area contributed by atoms with E-state index in [-0.39, 0.29) is 6.23 Å². The maximum absolute atomic E-state index is 11.7. The van der Waals surface area contributed by atoms with E-state index < -0.39 is 11.2 Å². The van der Waals surface area contributed by atoms with Crippen LogP contribution in [-0.2, 0) is 11.8 Å². The summed E-state index contributed by atoms with van der Waals surface area (Å²) in [7, 11) is 3.09. The number of aryl methyl sites for hydroxylation is 1. The van der Waals surface area contributed by atoms with Crippen molar-refractivity contribution in [1.29, 1.82) is 0 Å². The van der Waals surface area contributed by atoms with Gasteiger partial charge in [0.25, 0.3) is 5.56 Å². The quantitative estimate of drug-likeness (QED) is 0.751. The molecule has 2 rings (SSSR count). The van der Waals surface area contributed by atoms with Crippen LogP contribution in [0.4, 0.5) is 0 Å². The first-order valence-electron chi connectivity index (χ1n) is 4.75. The molecule has 0 aliphatic carbocycles. The van der Waals surface area contributed by atoms with Gasteiger partial charge in [-0.1, -0.05) is 0 Å². The third-order valence-corrected chi connectivity index (χ3v) is 2.57. The minimum Gasteiger partial charge on any atom is -0.362 e. The van der Waals surface area contributed by atoms with Crippen LogP contribution in [0.15, 0.2) is 15.9 Å². The lowest BCUT2D eigenvalue weighted by molar-refractivity contribution is 0.0636. The van der Waals surface area contributed by atoms with Crippen LogP contribution in [-0.4, -0.2) is 26.2 Å². The average Bonchev–Trinajstić information content (AvgIpc) is 2.70. The lowest BCUT2D eigenvalue weighted by atomic mass is 10.5. The van der Waals surface area contributed by atoms with Crippen LogP contribution in [0, 0.1) is 0 Å². The van der Waals surface area contributed by atoms with E-state index in [1.165, 1.54) is 18.0 Å². The summed E-state index contributed by atoms with van der Waals surface area (Å²) >= 11 is 0. The summed E-state index contributed by atoms with van der Waals surface area (Å²) in [6.45, 7) is 1.78. The Morgan fingerprint density at radius 1 is 1.50 bits per heavy atom. The van der Waals surface area contributed by atoms with Crippen molar-refractivity contribution in [2.45, 2.75) is 13.2 Å². The molecule has 0 aliphatic rings. The largest absolute Gasteiger partial charge is 0.362 e. The van der Waals surface area contributed by atoms with Crippen LogP contribution in [0.5, 0.6) is 0 Å². The van der Waals surface area contributed by atoms with Crippen molar-refractivity contribution in [3.63, 3.8) is 0 Å². The zero-order valence-corrected chi connectivity index (χ0v) is 9.22. The van der Waals surface area contributed by atoms with Crippen LogP contribution < -0.4 is 11.2 Å². The molecule has 0 amide bonds. The minimum atomic E-state index is -0.479. The Balaban J connectivity index is 2.88. The van der Waals surface area contributed by atoms with Crippen molar-refractivity contribution < 1.29 is 4.74 Å². The van der Waals surface area contributed by atoms with E-state index in [0.29, 0.717) is 11.2 Å². The zero-order valence-electron chi connectivity index (χ0n) is 9.22. The van der Waals surface area contributed by atoms with E-state index in [2.05, 4.69) is 9.97 Å². The molecule has 86 valence electrons. The Bertz CT molecular complexity index is 636. The van der Waals surface area contributed by atoms with Gasteiger partial charge >= 0.3 is 5.69 Å². The first-order valence-corrected chi connectivity index (χ1v) is 4.75. The Morgan fingerprint density at radius 3 is 2.81 bits per heavy atom. The van der Waals surface area contributed by atoms with Gasteiger partial charge in [-0.05, 0) is 6.92 Å². The second kappa shape index (κ2) is 3.60. The molecule has 1 unspecified atom stereocenters. The Hall–Kier alpha value is -1.89. The van der Waals surface area contributed by atoms with Crippen LogP contribution in [0.3, 0.4) is 0 Å². The van der Waals surface area contributed by atoms with Gasteiger partial charge in [0.15, 0.2) is 11.2 Å². The summed E-state index contributed by atoms with van der Waals surface area (Å²) in [5, 5.41) is 0. The third-order valence-electron chi connectivity index (χ3n) is 2.57. The number of ether oxygens (including phenoxy) is 1. The van der Waals surface area contributed by atoms with E-state index in [1.807, 2.05) is 0 Å². The predicted octanol–water partition coefficient (Wildman–Crippen LogP) is -0.412. The summed E-state index contributed by atoms with van der Waals surface area (Å²) < 4.78 is 7.97. The van der Waals surface area contributed by atoms with Gasteiger partial charge < -0.3 is 4.74 Å². The number of aromatic amines is 1. The lowest BCUT2D eigenvalue weighted by Gasteiger charge is -2.11. The van der Waals surface area contributed by atoms with Gasteiger partial charge in [0, 0.05) is 14.2 Å². The van der Waals surface area contributed by atoms with E-state index in [4.69, 9.17) is 4.74 Å². The van der Waals surface area contributed by atoms with E-state index in [1.54, 1.807) is 18.5 Å². The standard InChI is InChI=1S/C9H12N4O3/c1-5(16-3)13-4-10-7-6(13)8(14)11-9(15)12(7)2/h4-5H,1-3H3,(H,11,14,15). The van der Waals surface area contributed by atoms with Gasteiger partial charge in [-0.3, -0.25) is 18.9 Å². The minimum absolute atomic E-state index is 0.316. The highest BCUT2D eigenvalue weighted by Gasteiger charge is 2.14. The molecule has 0 saturated heterocycles. The summed E-state index contributed by atoms with van der Waals surface area (Å²) in [4.78, 5) is 29.3. The smallest absolute Gasteiger partial charge is 0.329 e. The van der Waals surface area contributed by atoms with Gasteiger partial charge in [0.2, 0.25) is 0 Å². The van der Waals surface area contributed by atoms with Crippen molar-refractivity contribution >= 4 is 11.2 Å². The molecule has 1 N–H and O–H groups in total. The van der Waals surface area contributed by atoms with E-state index in [9.17, 15) is 9.59 Å². The first-order chi connectivity index (χ1) is 7.56. The normalized spacial score (nSPS) is 13.2. The third kappa shape index (κ3) is 1.36. The lowest BCUT2D eigenvalue weighted by Crippen LogP contribution is -2.29. The van der Waals surface area contributed by atoms with E-state index in [0.717, 1.165) is 0 Å². The topological polar surface area (TPSA) is 81.9 Å². The number of nitrogens with one attached hydrogen (secondary N) is 1. The van der Waals surface area contributed by atoms with Crippen LogP contribution >= 0.6 is 0 Å². The van der Waals surface area contributed by atoms with Gasteiger partial charge in [0.05, 0.1) is 6.33 Å².